The van der Waals surface area contributed by atoms with Crippen molar-refractivity contribution in [3.05, 3.63) is 77.2 Å². The molecule has 1 aliphatic heterocycles. The van der Waals surface area contributed by atoms with E-state index in [9.17, 15) is 4.39 Å². The van der Waals surface area contributed by atoms with Crippen LogP contribution >= 0.6 is 0 Å². The molecule has 5 heteroatoms. The maximum atomic E-state index is 13.9. The molecule has 1 aromatic heterocycles. The molecule has 2 aliphatic rings. The molecule has 2 aromatic carbocycles. The predicted molar refractivity (Wildman–Crippen MR) is 130 cm³/mol. The van der Waals surface area contributed by atoms with Gasteiger partial charge in [-0.25, -0.2) is 4.39 Å². The van der Waals surface area contributed by atoms with Crippen molar-refractivity contribution in [3.8, 4) is 6.07 Å². The smallest absolute Gasteiger partial charge is 0.123 e. The molecule has 1 saturated carbocycles. The van der Waals surface area contributed by atoms with Crippen molar-refractivity contribution < 1.29 is 4.39 Å². The van der Waals surface area contributed by atoms with Crippen LogP contribution < -0.4 is 0 Å². The molecular weight excluding hydrogens is 411 g/mol. The zero-order valence-corrected chi connectivity index (χ0v) is 18.8. The zero-order chi connectivity index (χ0) is 22.8. The van der Waals surface area contributed by atoms with E-state index < -0.39 is 0 Å². The van der Waals surface area contributed by atoms with Crippen molar-refractivity contribution >= 4 is 22.3 Å². The number of nitrogens with zero attached hydrogens (tertiary/aromatic N) is 4. The number of rotatable bonds is 5. The first-order valence-electron chi connectivity index (χ1n) is 11.8. The summed E-state index contributed by atoms with van der Waals surface area (Å²) < 4.78 is 13.9. The van der Waals surface area contributed by atoms with Gasteiger partial charge in [-0.2, -0.15) is 15.5 Å². The molecule has 33 heavy (non-hydrogen) atoms. The monoisotopic (exact) mass is 438 g/mol. The molecule has 166 valence electrons. The molecule has 1 aliphatic carbocycles. The Labute approximate surface area is 193 Å². The molecule has 0 bridgehead atoms. The molecule has 5 rings (SSSR count). The van der Waals surface area contributed by atoms with E-state index in [1.807, 2.05) is 30.5 Å². The number of hydrogen-bond acceptors (Lipinski definition) is 4. The molecule has 0 amide bonds. The van der Waals surface area contributed by atoms with Gasteiger partial charge < -0.3 is 0 Å². The first-order chi connectivity index (χ1) is 16.1. The number of fused-ring (bicyclic) bond motifs is 1. The van der Waals surface area contributed by atoms with Crippen LogP contribution in [-0.2, 0) is 0 Å². The number of benzene rings is 2. The normalized spacial score (nSPS) is 21.4. The van der Waals surface area contributed by atoms with Gasteiger partial charge >= 0.3 is 0 Å². The average molecular weight is 439 g/mol. The summed E-state index contributed by atoms with van der Waals surface area (Å²) in [6.45, 7) is 2.34. The highest BCUT2D eigenvalue weighted by atomic mass is 19.1. The Balaban J connectivity index is 1.17. The van der Waals surface area contributed by atoms with Crippen LogP contribution in [0.2, 0.25) is 0 Å². The van der Waals surface area contributed by atoms with Crippen LogP contribution in [-0.4, -0.2) is 16.4 Å². The summed E-state index contributed by atoms with van der Waals surface area (Å²) in [7, 11) is 0. The Bertz CT molecular complexity index is 1260. The quantitative estimate of drug-likeness (QED) is 0.440. The van der Waals surface area contributed by atoms with E-state index in [-0.39, 0.29) is 5.82 Å². The number of pyridine rings is 1. The van der Waals surface area contributed by atoms with E-state index >= 15 is 0 Å². The van der Waals surface area contributed by atoms with Crippen molar-refractivity contribution in [1.29, 1.82) is 5.26 Å². The third kappa shape index (κ3) is 4.57. The Morgan fingerprint density at radius 2 is 1.82 bits per heavy atom. The Hall–Kier alpha value is -3.39. The Kier molecular flexibility index (Phi) is 6.00. The molecule has 1 atom stereocenters. The van der Waals surface area contributed by atoms with Gasteiger partial charge in [-0.1, -0.05) is 19.1 Å². The van der Waals surface area contributed by atoms with Crippen molar-refractivity contribution in [3.63, 3.8) is 0 Å². The molecule has 1 fully saturated rings. The molecule has 0 unspecified atom stereocenters. The van der Waals surface area contributed by atoms with Crippen molar-refractivity contribution in [2.24, 2.45) is 22.0 Å². The second-order valence-corrected chi connectivity index (χ2v) is 9.43. The number of hydrogen-bond donors (Lipinski definition) is 0. The molecule has 2 heterocycles. The molecule has 0 saturated heterocycles. The molecule has 4 nitrogen and oxygen atoms in total. The minimum atomic E-state index is -0.195. The highest BCUT2D eigenvalue weighted by molar-refractivity contribution is 6.15. The molecule has 0 radical (unpaired) electrons. The van der Waals surface area contributed by atoms with E-state index in [2.05, 4.69) is 34.2 Å². The second kappa shape index (κ2) is 9.23. The van der Waals surface area contributed by atoms with E-state index in [1.165, 1.54) is 24.5 Å². The number of aromatic nitrogens is 1. The average Bonchev–Trinajstić information content (AvgIpc) is 3.32. The summed E-state index contributed by atoms with van der Waals surface area (Å²) in [5.41, 5.74) is 5.96. The summed E-state index contributed by atoms with van der Waals surface area (Å²) in [5.74, 6) is 1.51. The minimum Gasteiger partial charge on any atom is -0.256 e. The van der Waals surface area contributed by atoms with Crippen LogP contribution in [0.15, 0.2) is 64.9 Å². The van der Waals surface area contributed by atoms with Gasteiger partial charge in [0.15, 0.2) is 0 Å². The van der Waals surface area contributed by atoms with Gasteiger partial charge in [0.1, 0.15) is 5.82 Å². The second-order valence-electron chi connectivity index (χ2n) is 9.43. The van der Waals surface area contributed by atoms with E-state index in [0.29, 0.717) is 23.3 Å². The number of halogens is 1. The summed E-state index contributed by atoms with van der Waals surface area (Å²) in [4.78, 5) is 4.41. The summed E-state index contributed by atoms with van der Waals surface area (Å²) in [6, 6.07) is 16.7. The lowest BCUT2D eigenvalue weighted by Gasteiger charge is -2.33. The maximum Gasteiger partial charge on any atom is 0.123 e. The molecule has 0 N–H and O–H groups in total. The fraction of sp³-hybridized carbons (Fsp3) is 0.357. The fourth-order valence-electron chi connectivity index (χ4n) is 5.44. The minimum absolute atomic E-state index is 0.195. The predicted octanol–water partition coefficient (Wildman–Crippen LogP) is 6.79. The first-order valence-corrected chi connectivity index (χ1v) is 11.8. The van der Waals surface area contributed by atoms with Gasteiger partial charge in [0.2, 0.25) is 0 Å². The van der Waals surface area contributed by atoms with Crippen LogP contribution in [0, 0.1) is 29.0 Å². The molecule has 0 spiro atoms. The highest BCUT2D eigenvalue weighted by Crippen LogP contribution is 2.41. The summed E-state index contributed by atoms with van der Waals surface area (Å²) >= 11 is 0. The third-order valence-corrected chi connectivity index (χ3v) is 7.34. The van der Waals surface area contributed by atoms with Crippen LogP contribution in [0.4, 0.5) is 4.39 Å². The van der Waals surface area contributed by atoms with Crippen LogP contribution in [0.25, 0.3) is 10.9 Å². The zero-order valence-electron chi connectivity index (χ0n) is 18.8. The number of nitriles is 1. The topological polar surface area (TPSA) is 61.4 Å². The lowest BCUT2D eigenvalue weighted by atomic mass is 9.72. The third-order valence-electron chi connectivity index (χ3n) is 7.34. The lowest BCUT2D eigenvalue weighted by molar-refractivity contribution is 0.250. The standard InChI is InChI=1S/C28H27FN4/c1-18(14-24-16-28(33-32-24)22-4-2-19(17-30)3-5-22)20-6-8-21(9-7-20)25-12-13-31-27-11-10-23(29)15-26(25)27/h2-5,10-13,15,18,20-21H,6-9,14,16H2,1H3/t18-,20?,21?/m0/s1. The van der Waals surface area contributed by atoms with Gasteiger partial charge in [-0.05, 0) is 97.4 Å². The lowest BCUT2D eigenvalue weighted by Crippen LogP contribution is -2.21. The maximum absolute atomic E-state index is 13.9. The van der Waals surface area contributed by atoms with Gasteiger partial charge in [-0.15, -0.1) is 0 Å². The Morgan fingerprint density at radius 1 is 1.03 bits per heavy atom. The highest BCUT2D eigenvalue weighted by Gasteiger charge is 2.28. The Morgan fingerprint density at radius 3 is 2.58 bits per heavy atom. The van der Waals surface area contributed by atoms with Crippen LogP contribution in [0.1, 0.15) is 68.1 Å². The fourth-order valence-corrected chi connectivity index (χ4v) is 5.44. The van der Waals surface area contributed by atoms with Gasteiger partial charge in [0.05, 0.1) is 22.9 Å². The van der Waals surface area contributed by atoms with Crippen molar-refractivity contribution in [2.45, 2.75) is 51.4 Å². The van der Waals surface area contributed by atoms with Crippen molar-refractivity contribution in [2.75, 3.05) is 0 Å². The summed E-state index contributed by atoms with van der Waals surface area (Å²) in [5, 5.41) is 18.8. The SMILES string of the molecule is C[C@@H](CC1=NN=C(c2ccc(C#N)cc2)C1)C1CCC(c2ccnc3ccc(F)cc23)CC1. The first kappa shape index (κ1) is 21.5. The van der Waals surface area contributed by atoms with Crippen LogP contribution in [0.3, 0.4) is 0 Å². The largest absolute Gasteiger partial charge is 0.256 e. The van der Waals surface area contributed by atoms with Gasteiger partial charge in [0.25, 0.3) is 0 Å². The van der Waals surface area contributed by atoms with E-state index in [1.54, 1.807) is 12.1 Å². The van der Waals surface area contributed by atoms with Gasteiger partial charge in [-0.3, -0.25) is 4.98 Å². The van der Waals surface area contributed by atoms with Crippen molar-refractivity contribution in [1.82, 2.24) is 4.98 Å². The summed E-state index contributed by atoms with van der Waals surface area (Å²) in [6.07, 6.45) is 8.24. The van der Waals surface area contributed by atoms with E-state index in [4.69, 9.17) is 5.26 Å². The van der Waals surface area contributed by atoms with Crippen LogP contribution in [0.5, 0.6) is 0 Å². The molecular formula is C28H27FN4. The van der Waals surface area contributed by atoms with Gasteiger partial charge in [0, 0.05) is 23.7 Å². The van der Waals surface area contributed by atoms with E-state index in [0.717, 1.165) is 53.6 Å². The molecule has 3 aromatic rings.